The second kappa shape index (κ2) is 4.41. The Morgan fingerprint density at radius 3 is 3.08 bits per heavy atom. The van der Waals surface area contributed by atoms with E-state index in [1.54, 1.807) is 0 Å². The van der Waals surface area contributed by atoms with E-state index in [9.17, 15) is 4.79 Å². The van der Waals surface area contributed by atoms with Crippen LogP contribution < -0.4 is 5.32 Å². The summed E-state index contributed by atoms with van der Waals surface area (Å²) in [4.78, 5) is 10.7. The number of nitrogens with one attached hydrogen (secondary N) is 1. The molecule has 2 nitrogen and oxygen atoms in total. The first-order valence-corrected chi connectivity index (χ1v) is 4.66. The molecule has 0 bridgehead atoms. The fraction of sp³-hybridized carbons (Fsp3) is 0.700. The van der Waals surface area contributed by atoms with Gasteiger partial charge in [-0.3, -0.25) is 0 Å². The number of aldehydes is 1. The van der Waals surface area contributed by atoms with Crippen LogP contribution in [0.25, 0.3) is 0 Å². The minimum atomic E-state index is 0.0196. The van der Waals surface area contributed by atoms with Crippen LogP contribution in [0.2, 0.25) is 0 Å². The molecule has 0 radical (unpaired) electrons. The van der Waals surface area contributed by atoms with E-state index in [1.807, 2.05) is 0 Å². The average molecular weight is 167 g/mol. The Hall–Kier alpha value is -0.630. The van der Waals surface area contributed by atoms with Gasteiger partial charge in [0, 0.05) is 5.92 Å². The van der Waals surface area contributed by atoms with Crippen LogP contribution in [0, 0.1) is 5.92 Å². The fourth-order valence-electron chi connectivity index (χ4n) is 1.82. The third-order valence-corrected chi connectivity index (χ3v) is 2.53. The summed E-state index contributed by atoms with van der Waals surface area (Å²) in [5.74, 6) is 0.376. The lowest BCUT2D eigenvalue weighted by molar-refractivity contribution is -0.110. The predicted molar refractivity (Wildman–Crippen MR) is 50.0 cm³/mol. The Morgan fingerprint density at radius 1 is 1.75 bits per heavy atom. The number of hydrogen-bond donors (Lipinski definition) is 1. The van der Waals surface area contributed by atoms with Gasteiger partial charge in [-0.25, -0.2) is 0 Å². The first-order chi connectivity index (χ1) is 5.79. The van der Waals surface area contributed by atoms with Crippen LogP contribution in [0.1, 0.15) is 26.2 Å². The van der Waals surface area contributed by atoms with E-state index in [0.29, 0.717) is 5.92 Å². The molecule has 68 valence electrons. The predicted octanol–water partition coefficient (Wildman–Crippen LogP) is 1.52. The Morgan fingerprint density at radius 2 is 2.50 bits per heavy atom. The van der Waals surface area contributed by atoms with E-state index in [1.165, 1.54) is 5.57 Å². The van der Waals surface area contributed by atoms with Gasteiger partial charge in [0.2, 0.25) is 0 Å². The summed E-state index contributed by atoms with van der Waals surface area (Å²) in [6.07, 6.45) is 4.24. The molecule has 0 aromatic heterocycles. The molecule has 0 aromatic carbocycles. The first kappa shape index (κ1) is 9.46. The van der Waals surface area contributed by atoms with Gasteiger partial charge in [0.25, 0.3) is 0 Å². The summed E-state index contributed by atoms with van der Waals surface area (Å²) >= 11 is 0. The van der Waals surface area contributed by atoms with E-state index in [2.05, 4.69) is 18.8 Å². The highest BCUT2D eigenvalue weighted by molar-refractivity contribution is 5.59. The summed E-state index contributed by atoms with van der Waals surface area (Å²) in [6, 6.07) is 0.0196. The maximum absolute atomic E-state index is 10.7. The van der Waals surface area contributed by atoms with Crippen molar-refractivity contribution in [1.82, 2.24) is 5.32 Å². The van der Waals surface area contributed by atoms with Gasteiger partial charge in [0.15, 0.2) is 0 Å². The number of carbonyl (C=O) groups is 1. The second-order valence-electron chi connectivity index (χ2n) is 3.42. The van der Waals surface area contributed by atoms with E-state index >= 15 is 0 Å². The Bertz CT molecular complexity index is 177. The van der Waals surface area contributed by atoms with Crippen LogP contribution in [0.5, 0.6) is 0 Å². The maximum Gasteiger partial charge on any atom is 0.137 e. The van der Waals surface area contributed by atoms with Gasteiger partial charge in [0.1, 0.15) is 6.29 Å². The largest absolute Gasteiger partial charge is 0.307 e. The van der Waals surface area contributed by atoms with Gasteiger partial charge in [0.05, 0.1) is 6.04 Å². The van der Waals surface area contributed by atoms with Crippen LogP contribution in [-0.4, -0.2) is 18.9 Å². The van der Waals surface area contributed by atoms with Crippen LogP contribution >= 0.6 is 0 Å². The molecule has 2 heteroatoms. The van der Waals surface area contributed by atoms with Gasteiger partial charge >= 0.3 is 0 Å². The van der Waals surface area contributed by atoms with Crippen molar-refractivity contribution in [3.8, 4) is 0 Å². The molecule has 0 spiro atoms. The standard InChI is InChI=1S/C10H17NO/c1-3-4-9-8(2)5-6-11-10(9)7-12/h7,9-11H,2-6H2,1H3. The number of hydrogen-bond acceptors (Lipinski definition) is 2. The van der Waals surface area contributed by atoms with Gasteiger partial charge < -0.3 is 10.1 Å². The van der Waals surface area contributed by atoms with Crippen LogP contribution in [0.4, 0.5) is 0 Å². The van der Waals surface area contributed by atoms with E-state index < -0.39 is 0 Å². The highest BCUT2D eigenvalue weighted by Gasteiger charge is 2.25. The molecule has 12 heavy (non-hydrogen) atoms. The quantitative estimate of drug-likeness (QED) is 0.510. The van der Waals surface area contributed by atoms with E-state index in [-0.39, 0.29) is 6.04 Å². The van der Waals surface area contributed by atoms with Crippen LogP contribution in [-0.2, 0) is 4.79 Å². The normalized spacial score (nSPS) is 30.2. The molecule has 2 atom stereocenters. The highest BCUT2D eigenvalue weighted by atomic mass is 16.1. The van der Waals surface area contributed by atoms with Crippen LogP contribution in [0.15, 0.2) is 12.2 Å². The summed E-state index contributed by atoms with van der Waals surface area (Å²) in [7, 11) is 0. The minimum Gasteiger partial charge on any atom is -0.307 e. The summed E-state index contributed by atoms with van der Waals surface area (Å²) in [5, 5.41) is 3.21. The first-order valence-electron chi connectivity index (χ1n) is 4.66. The third kappa shape index (κ3) is 1.95. The minimum absolute atomic E-state index is 0.0196. The van der Waals surface area contributed by atoms with Crippen LogP contribution in [0.3, 0.4) is 0 Å². The molecule has 1 heterocycles. The Balaban J connectivity index is 2.59. The van der Waals surface area contributed by atoms with Gasteiger partial charge in [-0.05, 0) is 19.4 Å². The molecule has 1 aliphatic rings. The zero-order chi connectivity index (χ0) is 8.97. The molecule has 1 rings (SSSR count). The second-order valence-corrected chi connectivity index (χ2v) is 3.42. The lowest BCUT2D eigenvalue weighted by Gasteiger charge is -2.30. The van der Waals surface area contributed by atoms with Crippen molar-refractivity contribution in [2.75, 3.05) is 6.54 Å². The van der Waals surface area contributed by atoms with Crippen molar-refractivity contribution >= 4 is 6.29 Å². The molecule has 2 unspecified atom stereocenters. The maximum atomic E-state index is 10.7. The van der Waals surface area contributed by atoms with Crippen molar-refractivity contribution < 1.29 is 4.79 Å². The molecule has 0 saturated carbocycles. The highest BCUT2D eigenvalue weighted by Crippen LogP contribution is 2.24. The molecule has 0 amide bonds. The van der Waals surface area contributed by atoms with Crippen molar-refractivity contribution in [3.63, 3.8) is 0 Å². The molecule has 0 aromatic rings. The Labute approximate surface area is 74.0 Å². The molecule has 1 fully saturated rings. The van der Waals surface area contributed by atoms with E-state index in [4.69, 9.17) is 0 Å². The molecule has 1 aliphatic heterocycles. The van der Waals surface area contributed by atoms with Crippen molar-refractivity contribution in [2.45, 2.75) is 32.2 Å². The summed E-state index contributed by atoms with van der Waals surface area (Å²) < 4.78 is 0. The summed E-state index contributed by atoms with van der Waals surface area (Å²) in [6.45, 7) is 7.06. The summed E-state index contributed by atoms with van der Waals surface area (Å²) in [5.41, 5.74) is 1.24. The number of piperidine rings is 1. The molecule has 0 aliphatic carbocycles. The lowest BCUT2D eigenvalue weighted by Crippen LogP contribution is -2.43. The van der Waals surface area contributed by atoms with Gasteiger partial charge in [-0.1, -0.05) is 25.5 Å². The SMILES string of the molecule is C=C1CCNC(C=O)C1CCC. The molecular formula is C10H17NO. The smallest absolute Gasteiger partial charge is 0.137 e. The zero-order valence-corrected chi connectivity index (χ0v) is 7.68. The van der Waals surface area contributed by atoms with Crippen molar-refractivity contribution in [2.24, 2.45) is 5.92 Å². The van der Waals surface area contributed by atoms with Crippen molar-refractivity contribution in [3.05, 3.63) is 12.2 Å². The molecular weight excluding hydrogens is 150 g/mol. The van der Waals surface area contributed by atoms with Gasteiger partial charge in [-0.15, -0.1) is 0 Å². The lowest BCUT2D eigenvalue weighted by atomic mass is 9.84. The number of carbonyl (C=O) groups excluding carboxylic acids is 1. The zero-order valence-electron chi connectivity index (χ0n) is 7.68. The topological polar surface area (TPSA) is 29.1 Å². The molecule has 1 N–H and O–H groups in total. The average Bonchev–Trinajstić information content (AvgIpc) is 2.09. The Kier molecular flexibility index (Phi) is 3.48. The third-order valence-electron chi connectivity index (χ3n) is 2.53. The molecule has 1 saturated heterocycles. The number of rotatable bonds is 3. The van der Waals surface area contributed by atoms with E-state index in [0.717, 1.165) is 32.1 Å². The van der Waals surface area contributed by atoms with Gasteiger partial charge in [-0.2, -0.15) is 0 Å². The fourth-order valence-corrected chi connectivity index (χ4v) is 1.82. The monoisotopic (exact) mass is 167 g/mol. The van der Waals surface area contributed by atoms with Crippen molar-refractivity contribution in [1.29, 1.82) is 0 Å².